The van der Waals surface area contributed by atoms with Gasteiger partial charge in [-0.15, -0.1) is 10.2 Å². The lowest BCUT2D eigenvalue weighted by atomic mass is 10.4. The van der Waals surface area contributed by atoms with E-state index in [2.05, 4.69) is 20.4 Å². The Bertz CT molecular complexity index is 1510. The highest BCUT2D eigenvalue weighted by atomic mass is 32.2. The van der Waals surface area contributed by atoms with E-state index in [9.17, 15) is 28.6 Å². The molecule has 174 valence electrons. The number of furan rings is 2. The Morgan fingerprint density at radius 2 is 1.48 bits per heavy atom. The number of H-pyrrole nitrogens is 1. The van der Waals surface area contributed by atoms with Gasteiger partial charge in [-0.1, -0.05) is 0 Å². The van der Waals surface area contributed by atoms with Gasteiger partial charge in [0.05, 0.1) is 12.1 Å². The number of nitrogens with one attached hydrogen (secondary N) is 1. The molecular weight excluding hydrogens is 488 g/mol. The maximum atomic E-state index is 10.9. The molecule has 4 rings (SSSR count). The molecule has 0 saturated heterocycles. The van der Waals surface area contributed by atoms with E-state index in [1.165, 1.54) is 25.2 Å². The maximum absolute atomic E-state index is 10.9. The van der Waals surface area contributed by atoms with E-state index in [1.807, 2.05) is 0 Å². The minimum absolute atomic E-state index is 0.0356. The fourth-order valence-corrected chi connectivity index (χ4v) is 3.12. The Labute approximate surface area is 187 Å². The van der Waals surface area contributed by atoms with Crippen LogP contribution in [0.25, 0.3) is 23.2 Å². The molecular formula is C14H12N8O9S2. The Hall–Kier alpha value is -4.23. The van der Waals surface area contributed by atoms with E-state index < -0.39 is 31.0 Å². The molecule has 2 N–H and O–H groups in total. The van der Waals surface area contributed by atoms with Crippen molar-refractivity contribution < 1.29 is 31.7 Å². The van der Waals surface area contributed by atoms with Crippen molar-refractivity contribution >= 4 is 34.1 Å². The summed E-state index contributed by atoms with van der Waals surface area (Å²) in [6.07, 6.45) is 0. The second-order valence-electron chi connectivity index (χ2n) is 6.04. The van der Waals surface area contributed by atoms with Gasteiger partial charge >= 0.3 is 21.9 Å². The number of nitro groups is 2. The molecule has 0 saturated carbocycles. The first-order valence-corrected chi connectivity index (χ1v) is 10.2. The minimum Gasteiger partial charge on any atom is -0.397 e. The van der Waals surface area contributed by atoms with Crippen LogP contribution in [-0.4, -0.2) is 52.3 Å². The van der Waals surface area contributed by atoms with Crippen LogP contribution in [0.5, 0.6) is 0 Å². The third kappa shape index (κ3) is 4.83. The lowest BCUT2D eigenvalue weighted by Crippen LogP contribution is -2.07. The van der Waals surface area contributed by atoms with Gasteiger partial charge < -0.3 is 13.4 Å². The molecule has 4 heterocycles. The second kappa shape index (κ2) is 8.72. The van der Waals surface area contributed by atoms with E-state index >= 15 is 0 Å². The van der Waals surface area contributed by atoms with Crippen molar-refractivity contribution in [3.8, 4) is 23.2 Å². The predicted molar refractivity (Wildman–Crippen MR) is 108 cm³/mol. The van der Waals surface area contributed by atoms with Crippen molar-refractivity contribution in [3.05, 3.63) is 49.3 Å². The largest absolute Gasteiger partial charge is 0.433 e. The summed E-state index contributed by atoms with van der Waals surface area (Å²) in [4.78, 5) is 19.5. The van der Waals surface area contributed by atoms with Gasteiger partial charge in [-0.3, -0.25) is 34.4 Å². The second-order valence-corrected chi connectivity index (χ2v) is 7.74. The molecule has 0 unspecified atom stereocenters. The highest BCUT2D eigenvalue weighted by Crippen LogP contribution is 2.25. The molecule has 0 fully saturated rings. The molecule has 0 aliphatic rings. The molecule has 0 spiro atoms. The van der Waals surface area contributed by atoms with Gasteiger partial charge in [0, 0.05) is 14.1 Å². The van der Waals surface area contributed by atoms with E-state index in [1.54, 1.807) is 11.6 Å². The van der Waals surface area contributed by atoms with E-state index in [0.717, 1.165) is 10.6 Å². The molecule has 0 amide bonds. The van der Waals surface area contributed by atoms with E-state index in [0.29, 0.717) is 16.4 Å². The number of aromatic nitrogens is 6. The third-order valence-corrected chi connectivity index (χ3v) is 5.11. The summed E-state index contributed by atoms with van der Waals surface area (Å²) in [5, 5.41) is 33.3. The molecule has 0 atom stereocenters. The minimum atomic E-state index is -4.52. The molecule has 17 nitrogen and oxygen atoms in total. The van der Waals surface area contributed by atoms with Crippen LogP contribution in [0.4, 0.5) is 11.8 Å². The molecule has 4 aromatic rings. The van der Waals surface area contributed by atoms with Gasteiger partial charge in [0.25, 0.3) is 5.16 Å². The molecule has 0 aliphatic heterocycles. The topological polar surface area (TPSA) is 231 Å². The lowest BCUT2D eigenvalue weighted by molar-refractivity contribution is -0.402. The summed E-state index contributed by atoms with van der Waals surface area (Å²) in [7, 11) is -1.56. The summed E-state index contributed by atoms with van der Waals surface area (Å²) >= 11 is 4.90. The van der Waals surface area contributed by atoms with Gasteiger partial charge in [0.2, 0.25) is 5.82 Å². The van der Waals surface area contributed by atoms with Crippen LogP contribution < -0.4 is 0 Å². The van der Waals surface area contributed by atoms with E-state index in [-0.39, 0.29) is 17.5 Å². The van der Waals surface area contributed by atoms with Gasteiger partial charge in [-0.25, -0.2) is 0 Å². The zero-order valence-corrected chi connectivity index (χ0v) is 18.1. The summed E-state index contributed by atoms with van der Waals surface area (Å²) in [5.41, 5.74) is 0. The Morgan fingerprint density at radius 1 is 0.970 bits per heavy atom. The van der Waals surface area contributed by atoms with Crippen molar-refractivity contribution in [2.45, 2.75) is 5.16 Å². The third-order valence-electron chi connectivity index (χ3n) is 3.93. The first-order chi connectivity index (χ1) is 15.4. The maximum Gasteiger partial charge on any atom is 0.433 e. The summed E-state index contributed by atoms with van der Waals surface area (Å²) < 4.78 is 43.4. The van der Waals surface area contributed by atoms with Crippen LogP contribution in [0.15, 0.2) is 38.3 Å². The van der Waals surface area contributed by atoms with Gasteiger partial charge in [-0.05, 0) is 24.4 Å². The van der Waals surface area contributed by atoms with Gasteiger partial charge in [0.15, 0.2) is 22.1 Å². The zero-order chi connectivity index (χ0) is 24.5. The molecule has 19 heteroatoms. The molecule has 0 aliphatic carbocycles. The van der Waals surface area contributed by atoms with Gasteiger partial charge in [-0.2, -0.15) is 13.5 Å². The average Bonchev–Trinajstić information content (AvgIpc) is 3.49. The standard InChI is InChI=1S/C7H6N4O6S.C7H6N4O3S/c1-10-6(8-9-7(10)18(14,15)16)4-2-3-5(17-4)11(12)13;1-10-6(8-9-7(10)15)4-2-3-5(14-4)11(12)13/h2-3H,1H3,(H,14,15,16);2-3H,1H3,(H,9,15). The first kappa shape index (κ1) is 23.4. The average molecular weight is 500 g/mol. The quantitative estimate of drug-likeness (QED) is 0.173. The lowest BCUT2D eigenvalue weighted by Gasteiger charge is -1.98. The normalized spacial score (nSPS) is 11.1. The molecule has 0 radical (unpaired) electrons. The van der Waals surface area contributed by atoms with Crippen molar-refractivity contribution in [2.75, 3.05) is 0 Å². The smallest absolute Gasteiger partial charge is 0.397 e. The SMILES string of the molecule is Cn1c(-c2ccc([N+](=O)[O-])o2)n[nH]c1=S.Cn1c(-c2ccc([N+](=O)[O-])o2)nnc1S(=O)(=O)O. The fourth-order valence-electron chi connectivity index (χ4n) is 2.41. The van der Waals surface area contributed by atoms with Gasteiger partial charge in [0.1, 0.15) is 9.85 Å². The molecule has 4 aromatic heterocycles. The Morgan fingerprint density at radius 3 is 1.85 bits per heavy atom. The Balaban J connectivity index is 0.000000189. The number of rotatable bonds is 5. The highest BCUT2D eigenvalue weighted by Gasteiger charge is 2.24. The molecule has 0 aromatic carbocycles. The first-order valence-electron chi connectivity index (χ1n) is 8.37. The van der Waals surface area contributed by atoms with Crippen molar-refractivity contribution in [1.82, 2.24) is 29.5 Å². The predicted octanol–water partition coefficient (Wildman–Crippen LogP) is 1.88. The Kier molecular flexibility index (Phi) is 6.19. The highest BCUT2D eigenvalue weighted by molar-refractivity contribution is 7.85. The van der Waals surface area contributed by atoms with Crippen LogP contribution in [-0.2, 0) is 24.2 Å². The number of hydrogen-bond donors (Lipinski definition) is 2. The fraction of sp³-hybridized carbons (Fsp3) is 0.143. The number of nitrogens with zero attached hydrogens (tertiary/aromatic N) is 7. The van der Waals surface area contributed by atoms with Crippen LogP contribution in [0.3, 0.4) is 0 Å². The van der Waals surface area contributed by atoms with E-state index in [4.69, 9.17) is 25.6 Å². The number of aromatic amines is 1. The zero-order valence-electron chi connectivity index (χ0n) is 16.5. The van der Waals surface area contributed by atoms with Crippen molar-refractivity contribution in [3.63, 3.8) is 0 Å². The van der Waals surface area contributed by atoms with Crippen molar-refractivity contribution in [2.24, 2.45) is 14.1 Å². The molecule has 33 heavy (non-hydrogen) atoms. The van der Waals surface area contributed by atoms with Crippen LogP contribution in [0.1, 0.15) is 0 Å². The summed E-state index contributed by atoms with van der Waals surface area (Å²) in [6, 6.07) is 5.09. The van der Waals surface area contributed by atoms with Crippen molar-refractivity contribution in [1.29, 1.82) is 0 Å². The monoisotopic (exact) mass is 500 g/mol. The van der Waals surface area contributed by atoms with Crippen LogP contribution in [0.2, 0.25) is 0 Å². The number of hydrogen-bond acceptors (Lipinski definition) is 12. The molecule has 0 bridgehead atoms. The summed E-state index contributed by atoms with van der Waals surface area (Å²) in [5.74, 6) is -0.202. The summed E-state index contributed by atoms with van der Waals surface area (Å²) in [6.45, 7) is 0. The van der Waals surface area contributed by atoms with Crippen LogP contribution >= 0.6 is 12.2 Å². The van der Waals surface area contributed by atoms with Crippen LogP contribution in [0, 0.1) is 25.0 Å².